The number of para-hydroxylation sites is 1. The van der Waals surface area contributed by atoms with E-state index < -0.39 is 0 Å². The Labute approximate surface area is 151 Å². The summed E-state index contributed by atoms with van der Waals surface area (Å²) in [6.45, 7) is 3.96. The van der Waals surface area contributed by atoms with E-state index in [1.807, 2.05) is 52.8 Å². The van der Waals surface area contributed by atoms with Crippen molar-refractivity contribution >= 4 is 11.7 Å². The third-order valence-corrected chi connectivity index (χ3v) is 4.48. The standard InChI is InChI=1S/C19H20N6O/c1-2-21-18-10-14-12-24(9-8-16(14)22-23-18)19(26)17-11-20-13-25(17)15-6-4-3-5-7-15/h3-7,10-11,13H,2,8-9,12H2,1H3,(H,21,23). The van der Waals surface area contributed by atoms with Gasteiger partial charge in [-0.2, -0.15) is 5.10 Å². The van der Waals surface area contributed by atoms with Crippen LogP contribution in [0.15, 0.2) is 48.9 Å². The number of benzene rings is 1. The fraction of sp³-hybridized carbons (Fsp3) is 0.263. The van der Waals surface area contributed by atoms with E-state index in [0.29, 0.717) is 25.2 Å². The first kappa shape index (κ1) is 16.3. The number of imidazole rings is 1. The van der Waals surface area contributed by atoms with E-state index in [-0.39, 0.29) is 5.91 Å². The molecule has 0 fully saturated rings. The van der Waals surface area contributed by atoms with Gasteiger partial charge in [-0.1, -0.05) is 18.2 Å². The summed E-state index contributed by atoms with van der Waals surface area (Å²) in [5.41, 5.74) is 3.49. The molecule has 4 rings (SSSR count). The zero-order valence-corrected chi connectivity index (χ0v) is 14.6. The lowest BCUT2D eigenvalue weighted by molar-refractivity contribution is 0.0725. The number of carbonyl (C=O) groups excluding carboxylic acids is 1. The van der Waals surface area contributed by atoms with E-state index in [2.05, 4.69) is 20.5 Å². The van der Waals surface area contributed by atoms with Crippen molar-refractivity contribution in [2.45, 2.75) is 19.9 Å². The van der Waals surface area contributed by atoms with Gasteiger partial charge < -0.3 is 10.2 Å². The topological polar surface area (TPSA) is 75.9 Å². The average molecular weight is 348 g/mol. The van der Waals surface area contributed by atoms with Crippen molar-refractivity contribution in [3.8, 4) is 5.69 Å². The summed E-state index contributed by atoms with van der Waals surface area (Å²) in [6.07, 6.45) is 4.01. The molecule has 26 heavy (non-hydrogen) atoms. The molecule has 1 aromatic carbocycles. The number of aromatic nitrogens is 4. The summed E-state index contributed by atoms with van der Waals surface area (Å²) in [5, 5.41) is 11.6. The van der Waals surface area contributed by atoms with Crippen molar-refractivity contribution in [3.05, 3.63) is 65.9 Å². The first-order chi connectivity index (χ1) is 12.8. The fourth-order valence-corrected chi connectivity index (χ4v) is 3.18. The van der Waals surface area contributed by atoms with Crippen LogP contribution in [0.5, 0.6) is 0 Å². The van der Waals surface area contributed by atoms with Gasteiger partial charge in [-0.05, 0) is 30.7 Å². The van der Waals surface area contributed by atoms with E-state index >= 15 is 0 Å². The molecule has 3 aromatic rings. The molecule has 132 valence electrons. The molecule has 0 unspecified atom stereocenters. The van der Waals surface area contributed by atoms with Gasteiger partial charge in [-0.25, -0.2) is 4.98 Å². The predicted octanol–water partition coefficient (Wildman–Crippen LogP) is 2.29. The van der Waals surface area contributed by atoms with E-state index in [4.69, 9.17) is 0 Å². The van der Waals surface area contributed by atoms with Crippen molar-refractivity contribution in [2.75, 3.05) is 18.4 Å². The van der Waals surface area contributed by atoms with Crippen LogP contribution in [0.3, 0.4) is 0 Å². The first-order valence-electron chi connectivity index (χ1n) is 8.72. The van der Waals surface area contributed by atoms with Crippen molar-refractivity contribution in [1.82, 2.24) is 24.6 Å². The molecule has 0 saturated carbocycles. The molecule has 3 heterocycles. The van der Waals surface area contributed by atoms with E-state index in [9.17, 15) is 4.79 Å². The molecule has 1 aliphatic heterocycles. The molecular formula is C19H20N6O. The molecular weight excluding hydrogens is 328 g/mol. The Kier molecular flexibility index (Phi) is 4.35. The largest absolute Gasteiger partial charge is 0.369 e. The average Bonchev–Trinajstić information content (AvgIpc) is 3.17. The number of anilines is 1. The second-order valence-corrected chi connectivity index (χ2v) is 6.19. The molecule has 1 aliphatic rings. The summed E-state index contributed by atoms with van der Waals surface area (Å²) >= 11 is 0. The SMILES string of the molecule is CCNc1cc2c(nn1)CCN(C(=O)c1cncn1-c1ccccc1)C2. The number of fused-ring (bicyclic) bond motifs is 1. The highest BCUT2D eigenvalue weighted by atomic mass is 16.2. The summed E-state index contributed by atoms with van der Waals surface area (Å²) < 4.78 is 1.83. The third kappa shape index (κ3) is 3.03. The molecule has 0 atom stereocenters. The smallest absolute Gasteiger partial charge is 0.272 e. The van der Waals surface area contributed by atoms with E-state index in [1.165, 1.54) is 0 Å². The van der Waals surface area contributed by atoms with Gasteiger partial charge in [0.05, 0.1) is 18.2 Å². The summed E-state index contributed by atoms with van der Waals surface area (Å²) in [4.78, 5) is 19.1. The van der Waals surface area contributed by atoms with Gasteiger partial charge >= 0.3 is 0 Å². The van der Waals surface area contributed by atoms with Crippen LogP contribution in [0.25, 0.3) is 5.69 Å². The monoisotopic (exact) mass is 348 g/mol. The van der Waals surface area contributed by atoms with Gasteiger partial charge in [0.2, 0.25) is 0 Å². The first-order valence-corrected chi connectivity index (χ1v) is 8.72. The Bertz CT molecular complexity index is 921. The summed E-state index contributed by atoms with van der Waals surface area (Å²) in [5.74, 6) is 0.716. The number of carbonyl (C=O) groups is 1. The summed E-state index contributed by atoms with van der Waals surface area (Å²) in [6, 6.07) is 11.8. The van der Waals surface area contributed by atoms with Crippen LogP contribution in [-0.4, -0.2) is 43.6 Å². The fourth-order valence-electron chi connectivity index (χ4n) is 3.18. The second kappa shape index (κ2) is 6.95. The maximum atomic E-state index is 13.1. The number of rotatable bonds is 4. The minimum Gasteiger partial charge on any atom is -0.369 e. The third-order valence-electron chi connectivity index (χ3n) is 4.48. The Balaban J connectivity index is 1.59. The highest BCUT2D eigenvalue weighted by Crippen LogP contribution is 2.21. The molecule has 0 aliphatic carbocycles. The molecule has 0 radical (unpaired) electrons. The lowest BCUT2D eigenvalue weighted by atomic mass is 10.1. The van der Waals surface area contributed by atoms with Crippen LogP contribution in [-0.2, 0) is 13.0 Å². The van der Waals surface area contributed by atoms with Crippen LogP contribution in [0.2, 0.25) is 0 Å². The Morgan fingerprint density at radius 3 is 2.88 bits per heavy atom. The number of amides is 1. The zero-order valence-electron chi connectivity index (χ0n) is 14.6. The molecule has 2 aromatic heterocycles. The van der Waals surface area contributed by atoms with Crippen LogP contribution in [0.1, 0.15) is 28.7 Å². The molecule has 7 nitrogen and oxygen atoms in total. The lowest BCUT2D eigenvalue weighted by Crippen LogP contribution is -2.37. The second-order valence-electron chi connectivity index (χ2n) is 6.19. The van der Waals surface area contributed by atoms with Crippen molar-refractivity contribution in [3.63, 3.8) is 0 Å². The Morgan fingerprint density at radius 1 is 1.23 bits per heavy atom. The van der Waals surface area contributed by atoms with Crippen LogP contribution < -0.4 is 5.32 Å². The van der Waals surface area contributed by atoms with Crippen molar-refractivity contribution < 1.29 is 4.79 Å². The minimum atomic E-state index is -0.0289. The predicted molar refractivity (Wildman–Crippen MR) is 98.2 cm³/mol. The molecule has 0 saturated heterocycles. The molecule has 1 amide bonds. The summed E-state index contributed by atoms with van der Waals surface area (Å²) in [7, 11) is 0. The van der Waals surface area contributed by atoms with Gasteiger partial charge in [0.15, 0.2) is 0 Å². The maximum Gasteiger partial charge on any atom is 0.272 e. The molecule has 0 spiro atoms. The zero-order chi connectivity index (χ0) is 17.9. The molecule has 0 bridgehead atoms. The Morgan fingerprint density at radius 2 is 2.08 bits per heavy atom. The number of nitrogens with one attached hydrogen (secondary N) is 1. The Hall–Kier alpha value is -3.22. The number of hydrogen-bond acceptors (Lipinski definition) is 5. The minimum absolute atomic E-state index is 0.0289. The molecule has 7 heteroatoms. The van der Waals surface area contributed by atoms with Gasteiger partial charge in [-0.15, -0.1) is 5.10 Å². The number of hydrogen-bond donors (Lipinski definition) is 1. The van der Waals surface area contributed by atoms with E-state index in [1.54, 1.807) is 12.5 Å². The van der Waals surface area contributed by atoms with Crippen molar-refractivity contribution in [1.29, 1.82) is 0 Å². The lowest BCUT2D eigenvalue weighted by Gasteiger charge is -2.28. The van der Waals surface area contributed by atoms with Crippen LogP contribution >= 0.6 is 0 Å². The number of nitrogens with zero attached hydrogens (tertiary/aromatic N) is 5. The normalized spacial score (nSPS) is 13.3. The van der Waals surface area contributed by atoms with Gasteiger partial charge in [0, 0.05) is 31.7 Å². The van der Waals surface area contributed by atoms with Crippen LogP contribution in [0.4, 0.5) is 5.82 Å². The van der Waals surface area contributed by atoms with Gasteiger partial charge in [0.25, 0.3) is 5.91 Å². The highest BCUT2D eigenvalue weighted by molar-refractivity contribution is 5.93. The van der Waals surface area contributed by atoms with Crippen LogP contribution in [0, 0.1) is 0 Å². The van der Waals surface area contributed by atoms with E-state index in [0.717, 1.165) is 29.3 Å². The quantitative estimate of drug-likeness (QED) is 0.783. The van der Waals surface area contributed by atoms with Gasteiger partial charge in [-0.3, -0.25) is 9.36 Å². The maximum absolute atomic E-state index is 13.1. The highest BCUT2D eigenvalue weighted by Gasteiger charge is 2.25. The van der Waals surface area contributed by atoms with Gasteiger partial charge in [0.1, 0.15) is 11.5 Å². The van der Waals surface area contributed by atoms with Crippen molar-refractivity contribution in [2.24, 2.45) is 0 Å². The molecule has 1 N–H and O–H groups in total.